The third-order valence-electron chi connectivity index (χ3n) is 3.13. The number of aliphatic hydroxyl groups excluding tert-OH is 1. The minimum atomic E-state index is -0.477. The summed E-state index contributed by atoms with van der Waals surface area (Å²) in [6.45, 7) is 0.649. The first-order valence-corrected chi connectivity index (χ1v) is 5.71. The van der Waals surface area contributed by atoms with Crippen molar-refractivity contribution in [2.24, 2.45) is 5.73 Å². The average Bonchev–Trinajstić information content (AvgIpc) is 2.61. The summed E-state index contributed by atoms with van der Waals surface area (Å²) >= 11 is 0. The molecule has 1 aromatic carbocycles. The van der Waals surface area contributed by atoms with E-state index in [1.165, 1.54) is 0 Å². The lowest BCUT2D eigenvalue weighted by atomic mass is 9.77. The second-order valence-corrected chi connectivity index (χ2v) is 4.20. The zero-order valence-corrected chi connectivity index (χ0v) is 9.33. The molecular formula is C11H14BNO4. The van der Waals surface area contributed by atoms with Crippen molar-refractivity contribution in [1.82, 2.24) is 0 Å². The van der Waals surface area contributed by atoms with Gasteiger partial charge in [-0.1, -0.05) is 12.1 Å². The van der Waals surface area contributed by atoms with Gasteiger partial charge in [0.1, 0.15) is 18.5 Å². The summed E-state index contributed by atoms with van der Waals surface area (Å²) in [7, 11) is -0.477. The Morgan fingerprint density at radius 3 is 3.06 bits per heavy atom. The topological polar surface area (TPSA) is 73.9 Å². The van der Waals surface area contributed by atoms with Crippen LogP contribution in [0.3, 0.4) is 0 Å². The van der Waals surface area contributed by atoms with Gasteiger partial charge in [-0.2, -0.15) is 0 Å². The minimum absolute atomic E-state index is 0.0868. The maximum atomic E-state index is 9.16. The van der Waals surface area contributed by atoms with E-state index >= 15 is 0 Å². The monoisotopic (exact) mass is 235 g/mol. The van der Waals surface area contributed by atoms with E-state index in [0.717, 1.165) is 16.8 Å². The Balaban J connectivity index is 2.02. The summed E-state index contributed by atoms with van der Waals surface area (Å²) in [4.78, 5) is 0. The van der Waals surface area contributed by atoms with Crippen LogP contribution in [0.2, 0.25) is 0 Å². The van der Waals surface area contributed by atoms with Crippen LogP contribution in [-0.2, 0) is 9.31 Å². The van der Waals surface area contributed by atoms with Crippen molar-refractivity contribution in [3.63, 3.8) is 0 Å². The van der Waals surface area contributed by atoms with Crippen molar-refractivity contribution in [3.05, 3.63) is 23.8 Å². The molecule has 0 fully saturated rings. The number of benzene rings is 1. The number of aliphatic hydroxyl groups is 1. The minimum Gasteiger partial charge on any atom is -0.491 e. The van der Waals surface area contributed by atoms with Gasteiger partial charge in [-0.05, 0) is 11.6 Å². The molecule has 0 radical (unpaired) electrons. The van der Waals surface area contributed by atoms with Crippen molar-refractivity contribution in [3.8, 4) is 5.75 Å². The molecule has 2 atom stereocenters. The first-order valence-electron chi connectivity index (χ1n) is 5.71. The maximum Gasteiger partial charge on any atom is 0.498 e. The quantitative estimate of drug-likeness (QED) is 0.655. The molecule has 3 rings (SSSR count). The van der Waals surface area contributed by atoms with E-state index in [4.69, 9.17) is 24.9 Å². The van der Waals surface area contributed by atoms with Crippen LogP contribution < -0.4 is 15.9 Å². The molecule has 2 heterocycles. The lowest BCUT2D eigenvalue weighted by molar-refractivity contribution is 0.0498. The molecule has 0 amide bonds. The molecule has 0 saturated carbocycles. The van der Waals surface area contributed by atoms with E-state index in [0.29, 0.717) is 13.2 Å². The maximum absolute atomic E-state index is 9.16. The molecule has 90 valence electrons. The SMILES string of the molecule is NC[C@H]1OB2O[C@H](CO)COc3cccc1c32. The first kappa shape index (κ1) is 11.0. The molecule has 0 unspecified atom stereocenters. The molecule has 0 aromatic heterocycles. The third-order valence-corrected chi connectivity index (χ3v) is 3.13. The molecule has 5 nitrogen and oxygen atoms in total. The standard InChI is InChI=1S/C11H14BNO4/c13-4-10-8-2-1-3-9-11(8)12(17-10)16-7(5-14)6-15-9/h1-3,7,10,14H,4-6,13H2/t7-,10-/m1/s1. The van der Waals surface area contributed by atoms with Crippen LogP contribution in [0, 0.1) is 0 Å². The van der Waals surface area contributed by atoms with Crippen molar-refractivity contribution < 1.29 is 19.2 Å². The molecule has 2 aliphatic rings. The van der Waals surface area contributed by atoms with Crippen molar-refractivity contribution in [2.75, 3.05) is 19.8 Å². The Bertz CT molecular complexity index is 428. The van der Waals surface area contributed by atoms with Crippen LogP contribution in [0.1, 0.15) is 11.7 Å². The predicted octanol–water partition coefficient (Wildman–Crippen LogP) is -0.818. The van der Waals surface area contributed by atoms with Gasteiger partial charge in [0.15, 0.2) is 0 Å². The largest absolute Gasteiger partial charge is 0.498 e. The summed E-state index contributed by atoms with van der Waals surface area (Å²) in [6, 6.07) is 5.78. The summed E-state index contributed by atoms with van der Waals surface area (Å²) in [6.07, 6.45) is -0.521. The van der Waals surface area contributed by atoms with E-state index in [1.54, 1.807) is 0 Å². The van der Waals surface area contributed by atoms with E-state index in [-0.39, 0.29) is 18.8 Å². The molecule has 0 spiro atoms. The molecule has 3 N–H and O–H groups in total. The molecule has 0 bridgehead atoms. The normalized spacial score (nSPS) is 26.4. The Kier molecular flexibility index (Phi) is 2.80. The Morgan fingerprint density at radius 2 is 2.29 bits per heavy atom. The Hall–Kier alpha value is -1.08. The lowest BCUT2D eigenvalue weighted by Crippen LogP contribution is -2.36. The van der Waals surface area contributed by atoms with Gasteiger partial charge in [0.05, 0.1) is 12.7 Å². The molecule has 0 saturated heterocycles. The summed E-state index contributed by atoms with van der Waals surface area (Å²) in [5, 5.41) is 9.16. The van der Waals surface area contributed by atoms with Crippen LogP contribution in [0.15, 0.2) is 18.2 Å². The number of nitrogens with two attached hydrogens (primary N) is 1. The van der Waals surface area contributed by atoms with E-state index in [9.17, 15) is 0 Å². The zero-order chi connectivity index (χ0) is 11.8. The van der Waals surface area contributed by atoms with Gasteiger partial charge in [-0.3, -0.25) is 0 Å². The van der Waals surface area contributed by atoms with Crippen LogP contribution in [-0.4, -0.2) is 38.1 Å². The van der Waals surface area contributed by atoms with E-state index in [2.05, 4.69) is 0 Å². The third kappa shape index (κ3) is 1.73. The molecule has 6 heteroatoms. The zero-order valence-electron chi connectivity index (χ0n) is 9.33. The highest BCUT2D eigenvalue weighted by Gasteiger charge is 2.42. The van der Waals surface area contributed by atoms with Gasteiger partial charge in [0, 0.05) is 12.0 Å². The highest BCUT2D eigenvalue weighted by Crippen LogP contribution is 2.30. The number of hydrogen-bond donors (Lipinski definition) is 2. The summed E-state index contributed by atoms with van der Waals surface area (Å²) in [5.74, 6) is 0.763. The number of rotatable bonds is 2. The molecule has 1 aromatic rings. The fourth-order valence-electron chi connectivity index (χ4n) is 2.29. The van der Waals surface area contributed by atoms with Crippen LogP contribution in [0.4, 0.5) is 0 Å². The summed E-state index contributed by atoms with van der Waals surface area (Å²) < 4.78 is 17.0. The first-order chi connectivity index (χ1) is 8.33. The van der Waals surface area contributed by atoms with Gasteiger partial charge >= 0.3 is 7.12 Å². The van der Waals surface area contributed by atoms with Crippen LogP contribution in [0.5, 0.6) is 5.75 Å². The number of ether oxygens (including phenoxy) is 1. The second kappa shape index (κ2) is 4.31. The highest BCUT2D eigenvalue weighted by molar-refractivity contribution is 6.64. The van der Waals surface area contributed by atoms with E-state index < -0.39 is 7.12 Å². The molecular weight excluding hydrogens is 221 g/mol. The van der Waals surface area contributed by atoms with Crippen LogP contribution >= 0.6 is 0 Å². The average molecular weight is 235 g/mol. The second-order valence-electron chi connectivity index (χ2n) is 4.20. The molecule has 2 aliphatic heterocycles. The molecule has 17 heavy (non-hydrogen) atoms. The van der Waals surface area contributed by atoms with Crippen molar-refractivity contribution >= 4 is 12.6 Å². The smallest absolute Gasteiger partial charge is 0.491 e. The predicted molar refractivity (Wildman–Crippen MR) is 62.2 cm³/mol. The van der Waals surface area contributed by atoms with Crippen molar-refractivity contribution in [2.45, 2.75) is 12.2 Å². The Labute approximate surface area is 99.6 Å². The molecule has 0 aliphatic carbocycles. The van der Waals surface area contributed by atoms with Gasteiger partial charge in [0.2, 0.25) is 0 Å². The summed E-state index contributed by atoms with van der Waals surface area (Å²) in [5.41, 5.74) is 7.61. The fourth-order valence-corrected chi connectivity index (χ4v) is 2.29. The van der Waals surface area contributed by atoms with Gasteiger partial charge < -0.3 is 24.9 Å². The fraction of sp³-hybridized carbons (Fsp3) is 0.455. The van der Waals surface area contributed by atoms with Gasteiger partial charge in [-0.25, -0.2) is 0 Å². The van der Waals surface area contributed by atoms with Gasteiger partial charge in [0.25, 0.3) is 0 Å². The van der Waals surface area contributed by atoms with Crippen molar-refractivity contribution in [1.29, 1.82) is 0 Å². The lowest BCUT2D eigenvalue weighted by Gasteiger charge is -2.16. The number of hydrogen-bond acceptors (Lipinski definition) is 5. The highest BCUT2D eigenvalue weighted by atomic mass is 16.6. The van der Waals surface area contributed by atoms with E-state index in [1.807, 2.05) is 18.2 Å². The van der Waals surface area contributed by atoms with Crippen LogP contribution in [0.25, 0.3) is 0 Å². The Morgan fingerprint density at radius 1 is 1.41 bits per heavy atom. The van der Waals surface area contributed by atoms with Gasteiger partial charge in [-0.15, -0.1) is 0 Å².